The molecule has 4 atom stereocenters. The fourth-order valence-electron chi connectivity index (χ4n) is 2.78. The fraction of sp³-hybridized carbons (Fsp3) is 0.375. The van der Waals surface area contributed by atoms with Gasteiger partial charge < -0.3 is 20.1 Å². The van der Waals surface area contributed by atoms with Gasteiger partial charge in [-0.2, -0.15) is 0 Å². The van der Waals surface area contributed by atoms with Gasteiger partial charge in [0, 0.05) is 6.20 Å². The van der Waals surface area contributed by atoms with Crippen molar-refractivity contribution in [3.63, 3.8) is 0 Å². The maximum absolute atomic E-state index is 12.1. The van der Waals surface area contributed by atoms with Gasteiger partial charge in [0.25, 0.3) is 5.56 Å². The molecule has 0 aliphatic carbocycles. The van der Waals surface area contributed by atoms with Gasteiger partial charge in [-0.25, -0.2) is 4.79 Å². The second-order valence-corrected chi connectivity index (χ2v) is 5.72. The summed E-state index contributed by atoms with van der Waals surface area (Å²) in [7, 11) is 0. The van der Waals surface area contributed by atoms with Gasteiger partial charge in [-0.05, 0) is 5.56 Å². The van der Waals surface area contributed by atoms with Crippen LogP contribution in [0.3, 0.4) is 0 Å². The maximum Gasteiger partial charge on any atom is 0.328 e. The summed E-state index contributed by atoms with van der Waals surface area (Å²) >= 11 is 0. The van der Waals surface area contributed by atoms with Gasteiger partial charge in [0.15, 0.2) is 0 Å². The molecule has 2 heterocycles. The maximum atomic E-state index is 12.1. The highest BCUT2D eigenvalue weighted by molar-refractivity contribution is 5.18. The van der Waals surface area contributed by atoms with Crippen molar-refractivity contribution in [2.45, 2.75) is 31.0 Å². The van der Waals surface area contributed by atoms with E-state index in [1.165, 1.54) is 10.8 Å². The minimum atomic E-state index is -1.37. The lowest BCUT2D eigenvalue weighted by Gasteiger charge is -2.15. The third-order valence-corrected chi connectivity index (χ3v) is 4.08. The van der Waals surface area contributed by atoms with Crippen molar-refractivity contribution >= 4 is 0 Å². The van der Waals surface area contributed by atoms with Crippen molar-refractivity contribution in [2.24, 2.45) is 0 Å². The number of ether oxygens (including phenoxy) is 1. The molecule has 0 radical (unpaired) electrons. The van der Waals surface area contributed by atoms with Crippen LogP contribution in [-0.2, 0) is 11.3 Å². The summed E-state index contributed by atoms with van der Waals surface area (Å²) in [5.74, 6) is 0. The van der Waals surface area contributed by atoms with E-state index in [0.29, 0.717) is 0 Å². The van der Waals surface area contributed by atoms with E-state index in [0.717, 1.165) is 5.56 Å². The molecule has 1 saturated heterocycles. The second-order valence-electron chi connectivity index (χ2n) is 5.72. The van der Waals surface area contributed by atoms with Crippen LogP contribution in [0.1, 0.15) is 17.2 Å². The summed E-state index contributed by atoms with van der Waals surface area (Å²) in [6.07, 6.45) is -3.48. The molecule has 3 rings (SSSR count). The molecule has 2 aromatic rings. The topological polar surface area (TPSA) is 125 Å². The van der Waals surface area contributed by atoms with Gasteiger partial charge in [0.05, 0.1) is 18.7 Å². The Morgan fingerprint density at radius 3 is 2.46 bits per heavy atom. The van der Waals surface area contributed by atoms with Gasteiger partial charge in [0.2, 0.25) is 0 Å². The zero-order valence-corrected chi connectivity index (χ0v) is 12.7. The fourth-order valence-corrected chi connectivity index (χ4v) is 2.78. The molecule has 1 aliphatic heterocycles. The predicted molar refractivity (Wildman–Crippen MR) is 83.6 cm³/mol. The quantitative estimate of drug-likeness (QED) is 0.553. The molecule has 4 N–H and O–H groups in total. The third-order valence-electron chi connectivity index (χ3n) is 4.08. The van der Waals surface area contributed by atoms with Gasteiger partial charge in [-0.3, -0.25) is 14.3 Å². The molecule has 0 saturated carbocycles. The van der Waals surface area contributed by atoms with E-state index in [9.17, 15) is 19.8 Å². The monoisotopic (exact) mass is 334 g/mol. The van der Waals surface area contributed by atoms with Crippen LogP contribution >= 0.6 is 0 Å². The Bertz CT molecular complexity index is 815. The molecular formula is C16H18N2O6. The zero-order chi connectivity index (χ0) is 17.3. The van der Waals surface area contributed by atoms with Crippen LogP contribution in [0.5, 0.6) is 0 Å². The minimum absolute atomic E-state index is 0.0213. The van der Waals surface area contributed by atoms with Gasteiger partial charge >= 0.3 is 5.69 Å². The van der Waals surface area contributed by atoms with Crippen LogP contribution in [-0.4, -0.2) is 49.8 Å². The van der Waals surface area contributed by atoms with Crippen LogP contribution in [0.4, 0.5) is 0 Å². The van der Waals surface area contributed by atoms with E-state index in [2.05, 4.69) is 4.98 Å². The Hall–Kier alpha value is -2.26. The normalized spacial score (nSPS) is 26.6. The Kier molecular flexibility index (Phi) is 4.63. The number of hydrogen-bond acceptors (Lipinski definition) is 6. The van der Waals surface area contributed by atoms with E-state index < -0.39 is 42.3 Å². The first-order chi connectivity index (χ1) is 11.5. The molecule has 1 fully saturated rings. The summed E-state index contributed by atoms with van der Waals surface area (Å²) in [5, 5.41) is 29.0. The van der Waals surface area contributed by atoms with E-state index in [1.54, 1.807) is 0 Å². The van der Waals surface area contributed by atoms with Crippen LogP contribution in [0.2, 0.25) is 0 Å². The Morgan fingerprint density at radius 1 is 1.12 bits per heavy atom. The molecule has 8 heteroatoms. The first-order valence-electron chi connectivity index (χ1n) is 7.51. The van der Waals surface area contributed by atoms with Crippen LogP contribution in [0, 0.1) is 0 Å². The van der Waals surface area contributed by atoms with E-state index in [-0.39, 0.29) is 12.1 Å². The minimum Gasteiger partial charge on any atom is -0.394 e. The van der Waals surface area contributed by atoms with E-state index in [1.807, 2.05) is 30.3 Å². The van der Waals surface area contributed by atoms with Crippen molar-refractivity contribution < 1.29 is 20.1 Å². The lowest BCUT2D eigenvalue weighted by molar-refractivity contribution is -0.0233. The summed E-state index contributed by atoms with van der Waals surface area (Å²) in [4.78, 5) is 26.3. The summed E-state index contributed by atoms with van der Waals surface area (Å²) < 4.78 is 6.65. The molecule has 0 bridgehead atoms. The lowest BCUT2D eigenvalue weighted by Crippen LogP contribution is -2.36. The van der Waals surface area contributed by atoms with Gasteiger partial charge in [-0.15, -0.1) is 0 Å². The number of hydrogen-bond donors (Lipinski definition) is 4. The highest BCUT2D eigenvalue weighted by Gasteiger charge is 2.44. The number of aliphatic hydroxyl groups is 3. The zero-order valence-electron chi connectivity index (χ0n) is 12.7. The van der Waals surface area contributed by atoms with Crippen molar-refractivity contribution in [2.75, 3.05) is 6.61 Å². The van der Waals surface area contributed by atoms with Crippen molar-refractivity contribution in [3.05, 3.63) is 68.5 Å². The smallest absolute Gasteiger partial charge is 0.328 e. The van der Waals surface area contributed by atoms with Crippen molar-refractivity contribution in [3.8, 4) is 0 Å². The Balaban J connectivity index is 1.96. The number of aromatic nitrogens is 2. The molecule has 128 valence electrons. The van der Waals surface area contributed by atoms with Crippen molar-refractivity contribution in [1.82, 2.24) is 9.55 Å². The van der Waals surface area contributed by atoms with Crippen LogP contribution in [0.15, 0.2) is 46.1 Å². The van der Waals surface area contributed by atoms with Gasteiger partial charge in [0.1, 0.15) is 24.4 Å². The highest BCUT2D eigenvalue weighted by Crippen LogP contribution is 2.31. The number of rotatable bonds is 4. The molecular weight excluding hydrogens is 316 g/mol. The Labute approximate surface area is 136 Å². The molecule has 0 spiro atoms. The van der Waals surface area contributed by atoms with Crippen LogP contribution in [0.25, 0.3) is 0 Å². The summed E-state index contributed by atoms with van der Waals surface area (Å²) in [6.45, 7) is -0.255. The lowest BCUT2D eigenvalue weighted by atomic mass is 10.0. The number of aliphatic hydroxyl groups excluding tert-OH is 3. The number of aromatic amines is 1. The summed E-state index contributed by atoms with van der Waals surface area (Å²) in [6, 6.07) is 9.19. The molecule has 24 heavy (non-hydrogen) atoms. The average Bonchev–Trinajstić information content (AvgIpc) is 2.86. The van der Waals surface area contributed by atoms with Crippen molar-refractivity contribution in [1.29, 1.82) is 0 Å². The molecule has 0 amide bonds. The highest BCUT2D eigenvalue weighted by atomic mass is 16.6. The second kappa shape index (κ2) is 6.70. The third kappa shape index (κ3) is 3.04. The molecule has 1 aromatic carbocycles. The van der Waals surface area contributed by atoms with E-state index in [4.69, 9.17) is 9.84 Å². The van der Waals surface area contributed by atoms with E-state index >= 15 is 0 Å². The number of nitrogens with zero attached hydrogens (tertiary/aromatic N) is 1. The molecule has 8 nitrogen and oxygen atoms in total. The number of benzene rings is 1. The van der Waals surface area contributed by atoms with Crippen LogP contribution < -0.4 is 11.2 Å². The van der Waals surface area contributed by atoms with Gasteiger partial charge in [-0.1, -0.05) is 30.3 Å². The average molecular weight is 334 g/mol. The largest absolute Gasteiger partial charge is 0.394 e. The predicted octanol–water partition coefficient (Wildman–Crippen LogP) is -1.26. The summed E-state index contributed by atoms with van der Waals surface area (Å²) in [5.41, 5.74) is -0.398. The first-order valence-corrected chi connectivity index (χ1v) is 7.51. The molecule has 1 aromatic heterocycles. The standard InChI is InChI=1S/C16H18N2O6/c19-8-11-12(20)13(21)14(24-11)10-7-18(16(23)17-15(10)22)6-9-4-2-1-3-5-9/h1-5,7,11-14,19-21H,6,8H2,(H,17,22,23)/t11-,12+,13?,14+/m1/s1. The first kappa shape index (κ1) is 16.6. The molecule has 1 aliphatic rings. The Morgan fingerprint density at radius 2 is 1.83 bits per heavy atom. The SMILES string of the molecule is O=c1[nH]c(=O)n(Cc2ccccc2)cc1[C@@H]1O[C@H](CO)[C@H](O)C1O. The number of H-pyrrole nitrogens is 1. The molecule has 1 unspecified atom stereocenters. The number of nitrogens with one attached hydrogen (secondary N) is 1.